The molecule has 0 fully saturated rings. The monoisotopic (exact) mass is 450 g/mol. The van der Waals surface area contributed by atoms with Crippen LogP contribution in [0.2, 0.25) is 0 Å². The molecule has 30 heavy (non-hydrogen) atoms. The third-order valence-corrected chi connectivity index (χ3v) is 8.32. The molecule has 0 heterocycles. The van der Waals surface area contributed by atoms with Gasteiger partial charge in [0.1, 0.15) is 11.5 Å². The Labute approximate surface area is 203 Å². The van der Waals surface area contributed by atoms with E-state index in [2.05, 4.69) is 6.07 Å². The second kappa shape index (κ2) is 10.7. The first kappa shape index (κ1) is 26.5. The van der Waals surface area contributed by atoms with E-state index in [-0.39, 0.29) is 35.5 Å². The van der Waals surface area contributed by atoms with Crippen LogP contribution in [0.1, 0.15) is 22.3 Å². The maximum Gasteiger partial charge on any atom is 2.00 e. The smallest absolute Gasteiger partial charge is 1.00 e. The number of hydrogen-bond donors (Lipinski definition) is 0. The molecule has 0 N–H and O–H groups in total. The van der Waals surface area contributed by atoms with Crippen LogP contribution in [-0.4, -0.2) is 45.6 Å². The Balaban J connectivity index is 0.00000225. The fourth-order valence-corrected chi connectivity index (χ4v) is 7.23. The molecular formula is C24H27ClMgO3Si. The van der Waals surface area contributed by atoms with Crippen molar-refractivity contribution in [3.63, 3.8) is 0 Å². The quantitative estimate of drug-likeness (QED) is 0.365. The first-order valence-electron chi connectivity index (χ1n) is 9.38. The van der Waals surface area contributed by atoms with Crippen molar-refractivity contribution in [2.45, 2.75) is 27.7 Å². The summed E-state index contributed by atoms with van der Waals surface area (Å²) in [5.41, 5.74) is 4.24. The summed E-state index contributed by atoms with van der Waals surface area (Å²) < 4.78 is 11.0. The molecular weight excluding hydrogens is 424 g/mol. The first-order valence-corrected chi connectivity index (χ1v) is 11.3. The van der Waals surface area contributed by atoms with Gasteiger partial charge in [-0.2, -0.15) is 0 Å². The van der Waals surface area contributed by atoms with Gasteiger partial charge in [0.25, 0.3) is 0 Å². The zero-order valence-corrected chi connectivity index (χ0v) is 21.7. The first-order chi connectivity index (χ1) is 13.3. The molecule has 0 aromatic heterocycles. The largest absolute Gasteiger partial charge is 2.00 e. The van der Waals surface area contributed by atoms with E-state index in [1.165, 1.54) is 0 Å². The predicted molar refractivity (Wildman–Crippen MR) is 122 cm³/mol. The maximum absolute atomic E-state index is 14.9. The Morgan fingerprint density at radius 3 is 1.20 bits per heavy atom. The minimum absolute atomic E-state index is 0. The van der Waals surface area contributed by atoms with Gasteiger partial charge in [-0.15, -0.1) is 0 Å². The normalized spacial score (nSPS) is 10.6. The Hall–Kier alpha value is -1.51. The zero-order valence-electron chi connectivity index (χ0n) is 18.5. The van der Waals surface area contributed by atoms with Gasteiger partial charge in [-0.1, -0.05) is 57.0 Å². The van der Waals surface area contributed by atoms with Crippen LogP contribution in [0.4, 0.5) is 0 Å². The molecule has 0 aliphatic rings. The Morgan fingerprint density at radius 2 is 0.867 bits per heavy atom. The zero-order chi connectivity index (χ0) is 20.5. The average Bonchev–Trinajstić information content (AvgIpc) is 2.65. The van der Waals surface area contributed by atoms with Gasteiger partial charge in [0.2, 0.25) is 0 Å². The predicted octanol–water partition coefficient (Wildman–Crippen LogP) is -1.11. The Bertz CT molecular complexity index is 950. The van der Waals surface area contributed by atoms with Gasteiger partial charge in [-0.25, -0.2) is 0 Å². The molecule has 0 unspecified atom stereocenters. The summed E-state index contributed by atoms with van der Waals surface area (Å²) in [4.78, 5) is 14.9. The summed E-state index contributed by atoms with van der Waals surface area (Å²) in [6.07, 6.45) is 0. The van der Waals surface area contributed by atoms with Crippen molar-refractivity contribution in [3.8, 4) is 11.5 Å². The SMILES string of the molecule is COc1cc(C)cc([Si]([O-])(c2cc(C)cc(C)c2)c2cc(C)cc(OC)c2)c1.[Cl-].[Mg+2]. The van der Waals surface area contributed by atoms with Gasteiger partial charge in [-0.3, -0.25) is 0 Å². The van der Waals surface area contributed by atoms with Crippen molar-refractivity contribution >= 4 is 46.9 Å². The van der Waals surface area contributed by atoms with Crippen molar-refractivity contribution < 1.29 is 26.7 Å². The van der Waals surface area contributed by atoms with Crippen LogP contribution in [0.3, 0.4) is 0 Å². The molecule has 3 aromatic carbocycles. The molecule has 0 spiro atoms. The summed E-state index contributed by atoms with van der Waals surface area (Å²) >= 11 is 0. The minimum Gasteiger partial charge on any atom is -1.00 e. The van der Waals surface area contributed by atoms with Gasteiger partial charge < -0.3 is 26.7 Å². The van der Waals surface area contributed by atoms with E-state index in [0.29, 0.717) is 11.5 Å². The van der Waals surface area contributed by atoms with Crippen molar-refractivity contribution in [2.24, 2.45) is 0 Å². The van der Waals surface area contributed by atoms with Crippen LogP contribution in [-0.2, 0) is 0 Å². The van der Waals surface area contributed by atoms with Crippen LogP contribution in [0.5, 0.6) is 11.5 Å². The minimum atomic E-state index is -3.51. The number of ether oxygens (including phenoxy) is 2. The van der Waals surface area contributed by atoms with Crippen LogP contribution >= 0.6 is 0 Å². The average molecular weight is 451 g/mol. The van der Waals surface area contributed by atoms with E-state index in [9.17, 15) is 4.80 Å². The fourth-order valence-electron chi connectivity index (χ4n) is 3.82. The molecule has 3 nitrogen and oxygen atoms in total. The van der Waals surface area contributed by atoms with Crippen molar-refractivity contribution in [1.82, 2.24) is 0 Å². The summed E-state index contributed by atoms with van der Waals surface area (Å²) in [7, 11) is -0.233. The van der Waals surface area contributed by atoms with E-state index >= 15 is 0 Å². The molecule has 0 radical (unpaired) electrons. The molecule has 0 aliphatic carbocycles. The van der Waals surface area contributed by atoms with E-state index < -0.39 is 8.32 Å². The summed E-state index contributed by atoms with van der Waals surface area (Å²) in [6.45, 7) is 8.08. The molecule has 0 saturated heterocycles. The van der Waals surface area contributed by atoms with Gasteiger partial charge in [0.15, 0.2) is 0 Å². The molecule has 6 heteroatoms. The van der Waals surface area contributed by atoms with Crippen LogP contribution in [0, 0.1) is 27.7 Å². The molecule has 154 valence electrons. The number of benzene rings is 3. The number of halogens is 1. The number of rotatable bonds is 5. The van der Waals surface area contributed by atoms with Crippen molar-refractivity contribution in [1.29, 1.82) is 0 Å². The molecule has 0 atom stereocenters. The number of methoxy groups -OCH3 is 2. The van der Waals surface area contributed by atoms with E-state index in [1.54, 1.807) is 14.2 Å². The summed E-state index contributed by atoms with van der Waals surface area (Å²) in [5, 5.41) is 2.44. The van der Waals surface area contributed by atoms with E-state index in [4.69, 9.17) is 9.47 Å². The maximum atomic E-state index is 14.9. The summed E-state index contributed by atoms with van der Waals surface area (Å²) in [6, 6.07) is 17.9. The van der Waals surface area contributed by atoms with Gasteiger partial charge in [0.05, 0.1) is 22.5 Å². The van der Waals surface area contributed by atoms with E-state index in [1.807, 2.05) is 76.2 Å². The standard InChI is InChI=1S/C24H27O3Si.ClH.Mg/c1-16-7-17(2)11-22(10-16)28(25,23-12-18(3)8-20(14-23)26-5)24-13-19(4)9-21(15-24)27-6;;/h7-15H,1-6H3;1H;/q-1;;+2/p-1. The molecule has 0 saturated carbocycles. The molecule has 0 aliphatic heterocycles. The number of hydrogen-bond acceptors (Lipinski definition) is 3. The summed E-state index contributed by atoms with van der Waals surface area (Å²) in [5.74, 6) is 1.43. The third kappa shape index (κ3) is 5.39. The van der Waals surface area contributed by atoms with Crippen LogP contribution in [0.15, 0.2) is 54.6 Å². The van der Waals surface area contributed by atoms with E-state index in [0.717, 1.165) is 37.8 Å². The Kier molecular flexibility index (Phi) is 9.45. The third-order valence-electron chi connectivity index (χ3n) is 5.01. The molecule has 3 rings (SSSR count). The van der Waals surface area contributed by atoms with Crippen molar-refractivity contribution in [2.75, 3.05) is 14.2 Å². The second-order valence-corrected chi connectivity index (χ2v) is 10.6. The molecule has 3 aromatic rings. The van der Waals surface area contributed by atoms with Crippen LogP contribution < -0.4 is 42.2 Å². The van der Waals surface area contributed by atoms with Gasteiger partial charge >= 0.3 is 23.1 Å². The molecule has 0 amide bonds. The number of aryl methyl sites for hydroxylation is 4. The van der Waals surface area contributed by atoms with Crippen LogP contribution in [0.25, 0.3) is 0 Å². The molecule has 0 bridgehead atoms. The second-order valence-electron chi connectivity index (χ2n) is 7.54. The van der Waals surface area contributed by atoms with Gasteiger partial charge in [-0.05, 0) is 63.1 Å². The van der Waals surface area contributed by atoms with Crippen molar-refractivity contribution in [3.05, 3.63) is 76.9 Å². The fraction of sp³-hybridized carbons (Fsp3) is 0.250. The Morgan fingerprint density at radius 1 is 0.567 bits per heavy atom. The van der Waals surface area contributed by atoms with Gasteiger partial charge in [0, 0.05) is 0 Å². The topological polar surface area (TPSA) is 41.5 Å².